The Morgan fingerprint density at radius 2 is 1.77 bits per heavy atom. The largest absolute Gasteiger partial charge is 0.465 e. The first-order valence-electron chi connectivity index (χ1n) is 6.52. The molecule has 0 radical (unpaired) electrons. The van der Waals surface area contributed by atoms with Gasteiger partial charge in [0.1, 0.15) is 5.58 Å². The number of hydrogen-bond donors (Lipinski definition) is 0. The highest BCUT2D eigenvalue weighted by Gasteiger charge is 2.22. The van der Waals surface area contributed by atoms with Crippen molar-refractivity contribution in [2.24, 2.45) is 0 Å². The number of fused-ring (bicyclic) bond motifs is 1. The van der Waals surface area contributed by atoms with Gasteiger partial charge in [-0.3, -0.25) is 4.79 Å². The van der Waals surface area contributed by atoms with Gasteiger partial charge >= 0.3 is 5.97 Å². The van der Waals surface area contributed by atoms with E-state index in [0.717, 1.165) is 0 Å². The highest BCUT2D eigenvalue weighted by atomic mass is 35.5. The molecular weight excluding hydrogens is 304 g/mol. The number of methoxy groups -OCH3 is 1. The number of esters is 1. The lowest BCUT2D eigenvalue weighted by atomic mass is 10.0. The van der Waals surface area contributed by atoms with Crippen molar-refractivity contribution in [1.29, 1.82) is 0 Å². The van der Waals surface area contributed by atoms with Crippen LogP contribution in [-0.2, 0) is 4.74 Å². The number of para-hydroxylation sites is 1. The van der Waals surface area contributed by atoms with Gasteiger partial charge in [0.25, 0.3) is 0 Å². The molecule has 0 atom stereocenters. The number of hydrogen-bond acceptors (Lipinski definition) is 4. The maximum Gasteiger partial charge on any atom is 0.345 e. The summed E-state index contributed by atoms with van der Waals surface area (Å²) in [6.45, 7) is 0. The Kier molecular flexibility index (Phi) is 3.69. The van der Waals surface area contributed by atoms with Crippen LogP contribution in [0.4, 0.5) is 0 Å². The second-order valence-corrected chi connectivity index (χ2v) is 5.07. The van der Waals surface area contributed by atoms with Crippen molar-refractivity contribution in [3.05, 3.63) is 69.3 Å². The van der Waals surface area contributed by atoms with Crippen molar-refractivity contribution in [1.82, 2.24) is 0 Å². The molecule has 110 valence electrons. The van der Waals surface area contributed by atoms with Gasteiger partial charge in [-0.15, -0.1) is 0 Å². The standard InChI is InChI=1S/C17H11ClO4/c1-21-17(20)14-15(19)12-4-2-3-5-13(12)22-16(14)10-6-8-11(18)9-7-10/h2-9H,1H3. The van der Waals surface area contributed by atoms with Crippen LogP contribution < -0.4 is 5.43 Å². The minimum atomic E-state index is -0.732. The molecule has 1 heterocycles. The number of benzene rings is 2. The molecule has 3 aromatic rings. The molecule has 0 aliphatic carbocycles. The van der Waals surface area contributed by atoms with Crippen LogP contribution in [0, 0.1) is 0 Å². The van der Waals surface area contributed by atoms with Crippen molar-refractivity contribution >= 4 is 28.5 Å². The third-order valence-corrected chi connectivity index (χ3v) is 3.55. The lowest BCUT2D eigenvalue weighted by Gasteiger charge is -2.08. The minimum absolute atomic E-state index is 0.122. The van der Waals surface area contributed by atoms with E-state index in [1.807, 2.05) is 0 Å². The van der Waals surface area contributed by atoms with Gasteiger partial charge in [0.15, 0.2) is 11.3 Å². The minimum Gasteiger partial charge on any atom is -0.465 e. The summed E-state index contributed by atoms with van der Waals surface area (Å²) >= 11 is 5.87. The van der Waals surface area contributed by atoms with E-state index in [1.165, 1.54) is 7.11 Å². The summed E-state index contributed by atoms with van der Waals surface area (Å²) in [6, 6.07) is 13.4. The highest BCUT2D eigenvalue weighted by molar-refractivity contribution is 6.30. The Morgan fingerprint density at radius 1 is 1.09 bits per heavy atom. The van der Waals surface area contributed by atoms with Crippen LogP contribution in [0.2, 0.25) is 5.02 Å². The van der Waals surface area contributed by atoms with E-state index in [9.17, 15) is 9.59 Å². The maximum atomic E-state index is 12.6. The second kappa shape index (κ2) is 5.66. The highest BCUT2D eigenvalue weighted by Crippen LogP contribution is 2.27. The summed E-state index contributed by atoms with van der Waals surface area (Å²) in [5.41, 5.74) is 0.444. The average molecular weight is 315 g/mol. The van der Waals surface area contributed by atoms with Crippen LogP contribution in [0.15, 0.2) is 57.7 Å². The summed E-state index contributed by atoms with van der Waals surface area (Å²) in [5, 5.41) is 0.882. The van der Waals surface area contributed by atoms with E-state index < -0.39 is 11.4 Å². The maximum absolute atomic E-state index is 12.6. The normalized spacial score (nSPS) is 10.6. The lowest BCUT2D eigenvalue weighted by Crippen LogP contribution is -2.18. The quantitative estimate of drug-likeness (QED) is 0.673. The molecule has 0 aliphatic heterocycles. The number of halogens is 1. The number of carbonyl (C=O) groups excluding carboxylic acids is 1. The first-order valence-corrected chi connectivity index (χ1v) is 6.89. The zero-order valence-electron chi connectivity index (χ0n) is 11.6. The van der Waals surface area contributed by atoms with E-state index in [2.05, 4.69) is 0 Å². The number of ether oxygens (including phenoxy) is 1. The van der Waals surface area contributed by atoms with Gasteiger partial charge < -0.3 is 9.15 Å². The lowest BCUT2D eigenvalue weighted by molar-refractivity contribution is 0.0598. The van der Waals surface area contributed by atoms with Gasteiger partial charge in [0.05, 0.1) is 12.5 Å². The predicted molar refractivity (Wildman–Crippen MR) is 84.3 cm³/mol. The predicted octanol–water partition coefficient (Wildman–Crippen LogP) is 3.90. The molecule has 2 aromatic carbocycles. The van der Waals surface area contributed by atoms with E-state index in [-0.39, 0.29) is 11.3 Å². The number of carbonyl (C=O) groups is 1. The summed E-state index contributed by atoms with van der Waals surface area (Å²) < 4.78 is 10.5. The van der Waals surface area contributed by atoms with Gasteiger partial charge in [0, 0.05) is 10.6 Å². The average Bonchev–Trinajstić information content (AvgIpc) is 2.55. The molecule has 4 nitrogen and oxygen atoms in total. The van der Waals surface area contributed by atoms with Gasteiger partial charge in [-0.25, -0.2) is 4.79 Å². The third kappa shape index (κ3) is 2.38. The van der Waals surface area contributed by atoms with Gasteiger partial charge in [-0.1, -0.05) is 23.7 Å². The molecule has 0 unspecified atom stereocenters. The van der Waals surface area contributed by atoms with Crippen LogP contribution >= 0.6 is 11.6 Å². The zero-order chi connectivity index (χ0) is 15.7. The van der Waals surface area contributed by atoms with Crippen LogP contribution in [0.5, 0.6) is 0 Å². The molecule has 0 bridgehead atoms. The molecule has 0 saturated carbocycles. The molecule has 5 heteroatoms. The molecule has 0 N–H and O–H groups in total. The van der Waals surface area contributed by atoms with Gasteiger partial charge in [-0.05, 0) is 36.4 Å². The Bertz CT molecular complexity index is 910. The molecule has 0 saturated heterocycles. The van der Waals surface area contributed by atoms with E-state index in [0.29, 0.717) is 21.6 Å². The monoisotopic (exact) mass is 314 g/mol. The van der Waals surface area contributed by atoms with Crippen LogP contribution in [-0.4, -0.2) is 13.1 Å². The molecule has 0 amide bonds. The Morgan fingerprint density at radius 3 is 2.45 bits per heavy atom. The van der Waals surface area contributed by atoms with Crippen LogP contribution in [0.25, 0.3) is 22.3 Å². The molecule has 0 spiro atoms. The van der Waals surface area contributed by atoms with E-state index in [1.54, 1.807) is 48.5 Å². The molecule has 0 aliphatic rings. The Labute approximate surface area is 130 Å². The topological polar surface area (TPSA) is 56.5 Å². The number of rotatable bonds is 2. The summed E-state index contributed by atoms with van der Waals surface area (Å²) in [4.78, 5) is 24.6. The van der Waals surface area contributed by atoms with Crippen molar-refractivity contribution in [3.63, 3.8) is 0 Å². The fourth-order valence-electron chi connectivity index (χ4n) is 2.23. The third-order valence-electron chi connectivity index (χ3n) is 3.29. The van der Waals surface area contributed by atoms with Crippen molar-refractivity contribution in [2.75, 3.05) is 7.11 Å². The zero-order valence-corrected chi connectivity index (χ0v) is 12.4. The van der Waals surface area contributed by atoms with Crippen molar-refractivity contribution < 1.29 is 13.9 Å². The Balaban J connectivity index is 2.39. The van der Waals surface area contributed by atoms with Gasteiger partial charge in [-0.2, -0.15) is 0 Å². The summed E-state index contributed by atoms with van der Waals surface area (Å²) in [6.07, 6.45) is 0. The smallest absolute Gasteiger partial charge is 0.345 e. The van der Waals surface area contributed by atoms with E-state index >= 15 is 0 Å². The molecule has 3 rings (SSSR count). The Hall–Kier alpha value is -2.59. The second-order valence-electron chi connectivity index (χ2n) is 4.63. The van der Waals surface area contributed by atoms with Crippen molar-refractivity contribution in [2.45, 2.75) is 0 Å². The molecule has 22 heavy (non-hydrogen) atoms. The first kappa shape index (κ1) is 14.4. The molecule has 0 fully saturated rings. The SMILES string of the molecule is COC(=O)c1c(-c2ccc(Cl)cc2)oc2ccccc2c1=O. The van der Waals surface area contributed by atoms with Crippen molar-refractivity contribution in [3.8, 4) is 11.3 Å². The molecular formula is C17H11ClO4. The van der Waals surface area contributed by atoms with Crippen LogP contribution in [0.1, 0.15) is 10.4 Å². The van der Waals surface area contributed by atoms with Gasteiger partial charge in [0.2, 0.25) is 5.43 Å². The first-order chi connectivity index (χ1) is 10.6. The van der Waals surface area contributed by atoms with Crippen LogP contribution in [0.3, 0.4) is 0 Å². The summed E-state index contributed by atoms with van der Waals surface area (Å²) in [7, 11) is 1.22. The summed E-state index contributed by atoms with van der Waals surface area (Å²) in [5.74, 6) is -0.559. The fourth-order valence-corrected chi connectivity index (χ4v) is 2.36. The van der Waals surface area contributed by atoms with E-state index in [4.69, 9.17) is 20.8 Å². The molecule has 1 aromatic heterocycles. The fraction of sp³-hybridized carbons (Fsp3) is 0.0588.